The van der Waals surface area contributed by atoms with Crippen LogP contribution in [-0.4, -0.2) is 49.4 Å². The topological polar surface area (TPSA) is 83.1 Å². The number of halogens is 2. The van der Waals surface area contributed by atoms with Crippen molar-refractivity contribution in [2.75, 3.05) is 26.7 Å². The van der Waals surface area contributed by atoms with E-state index in [0.717, 1.165) is 5.56 Å². The van der Waals surface area contributed by atoms with Crippen molar-refractivity contribution < 1.29 is 18.4 Å². The zero-order valence-corrected chi connectivity index (χ0v) is 17.8. The lowest BCUT2D eigenvalue weighted by atomic mass is 9.92. The first-order chi connectivity index (χ1) is 14.8. The van der Waals surface area contributed by atoms with Gasteiger partial charge in [0.1, 0.15) is 5.69 Å². The van der Waals surface area contributed by atoms with Crippen LogP contribution in [0.5, 0.6) is 0 Å². The number of carbonyl (C=O) groups is 2. The fraction of sp³-hybridized carbons (Fsp3) is 0.435. The standard InChI is InChI=1S/C23H28F2N4O2/c1-15(16-6-4-3-5-7-16)19-12-17(13-20(29-19)22(31)26-2)21(30)28-10-8-18-14-27-11-9-23(18,24)25/h3-7,12-13,15,18,27H,8-11,14H2,1-2H3,(H,26,31)(H,28,30)/t15-,18-/m0/s1. The highest BCUT2D eigenvalue weighted by atomic mass is 19.3. The van der Waals surface area contributed by atoms with Crippen molar-refractivity contribution in [2.45, 2.75) is 31.6 Å². The molecule has 0 bridgehead atoms. The Kier molecular flexibility index (Phi) is 7.33. The van der Waals surface area contributed by atoms with Gasteiger partial charge in [-0.2, -0.15) is 0 Å². The first-order valence-electron chi connectivity index (χ1n) is 10.5. The van der Waals surface area contributed by atoms with Crippen molar-refractivity contribution in [3.63, 3.8) is 0 Å². The maximum absolute atomic E-state index is 14.0. The summed E-state index contributed by atoms with van der Waals surface area (Å²) in [5.41, 5.74) is 2.00. The van der Waals surface area contributed by atoms with Gasteiger partial charge in [-0.25, -0.2) is 13.8 Å². The minimum Gasteiger partial charge on any atom is -0.354 e. The molecule has 0 saturated carbocycles. The summed E-state index contributed by atoms with van der Waals surface area (Å²) in [7, 11) is 1.50. The van der Waals surface area contributed by atoms with Crippen molar-refractivity contribution in [2.24, 2.45) is 5.92 Å². The molecule has 0 aliphatic carbocycles. The van der Waals surface area contributed by atoms with Crippen molar-refractivity contribution in [1.82, 2.24) is 20.9 Å². The van der Waals surface area contributed by atoms with E-state index < -0.39 is 23.7 Å². The Morgan fingerprint density at radius 1 is 1.23 bits per heavy atom. The van der Waals surface area contributed by atoms with E-state index in [2.05, 4.69) is 20.9 Å². The van der Waals surface area contributed by atoms with Crippen molar-refractivity contribution >= 4 is 11.8 Å². The number of rotatable bonds is 7. The van der Waals surface area contributed by atoms with Crippen LogP contribution in [0.1, 0.15) is 57.8 Å². The molecule has 2 atom stereocenters. The first kappa shape index (κ1) is 22.8. The average molecular weight is 430 g/mol. The molecule has 166 valence electrons. The van der Waals surface area contributed by atoms with Gasteiger partial charge >= 0.3 is 0 Å². The Morgan fingerprint density at radius 2 is 1.97 bits per heavy atom. The molecule has 31 heavy (non-hydrogen) atoms. The molecule has 1 aliphatic heterocycles. The number of aromatic nitrogens is 1. The summed E-state index contributed by atoms with van der Waals surface area (Å²) in [4.78, 5) is 29.4. The molecule has 1 fully saturated rings. The predicted molar refractivity (Wildman–Crippen MR) is 114 cm³/mol. The Hall–Kier alpha value is -2.87. The highest BCUT2D eigenvalue weighted by molar-refractivity contribution is 5.98. The molecule has 2 amide bonds. The van der Waals surface area contributed by atoms with Crippen molar-refractivity contribution in [3.8, 4) is 0 Å². The molecule has 0 spiro atoms. The number of amides is 2. The first-order valence-corrected chi connectivity index (χ1v) is 10.5. The van der Waals surface area contributed by atoms with Crippen molar-refractivity contribution in [1.29, 1.82) is 0 Å². The molecule has 0 radical (unpaired) electrons. The fourth-order valence-electron chi connectivity index (χ4n) is 3.72. The van der Waals surface area contributed by atoms with E-state index in [1.165, 1.54) is 13.1 Å². The van der Waals surface area contributed by atoms with Gasteiger partial charge in [0.05, 0.1) is 0 Å². The molecular formula is C23H28F2N4O2. The maximum Gasteiger partial charge on any atom is 0.269 e. The molecule has 6 nitrogen and oxygen atoms in total. The molecule has 1 aliphatic rings. The summed E-state index contributed by atoms with van der Waals surface area (Å²) in [5, 5.41) is 8.22. The van der Waals surface area contributed by atoms with Crippen LogP contribution < -0.4 is 16.0 Å². The van der Waals surface area contributed by atoms with Gasteiger partial charge < -0.3 is 16.0 Å². The summed E-state index contributed by atoms with van der Waals surface area (Å²) >= 11 is 0. The maximum atomic E-state index is 14.0. The molecule has 1 saturated heterocycles. The van der Waals surface area contributed by atoms with Gasteiger partial charge in [0, 0.05) is 56.2 Å². The molecule has 3 N–H and O–H groups in total. The van der Waals surface area contributed by atoms with Gasteiger partial charge in [-0.3, -0.25) is 9.59 Å². The summed E-state index contributed by atoms with van der Waals surface area (Å²) in [5.74, 6) is -4.49. The Bertz CT molecular complexity index is 921. The fourth-order valence-corrected chi connectivity index (χ4v) is 3.72. The van der Waals surface area contributed by atoms with Crippen LogP contribution in [0.25, 0.3) is 0 Å². The largest absolute Gasteiger partial charge is 0.354 e. The number of piperidine rings is 1. The van der Waals surface area contributed by atoms with E-state index in [1.54, 1.807) is 6.07 Å². The van der Waals surface area contributed by atoms with Crippen LogP contribution in [0.15, 0.2) is 42.5 Å². The van der Waals surface area contributed by atoms with E-state index in [-0.39, 0.29) is 43.1 Å². The van der Waals surface area contributed by atoms with E-state index in [1.807, 2.05) is 37.3 Å². The number of nitrogens with zero attached hydrogens (tertiary/aromatic N) is 1. The van der Waals surface area contributed by atoms with Crippen LogP contribution in [0.2, 0.25) is 0 Å². The lowest BCUT2D eigenvalue weighted by Crippen LogP contribution is -2.45. The predicted octanol–water partition coefficient (Wildman–Crippen LogP) is 2.96. The third kappa shape index (κ3) is 5.64. The number of hydrogen-bond acceptors (Lipinski definition) is 4. The second-order valence-electron chi connectivity index (χ2n) is 7.83. The zero-order valence-electron chi connectivity index (χ0n) is 17.8. The number of hydrogen-bond donors (Lipinski definition) is 3. The van der Waals surface area contributed by atoms with E-state index in [0.29, 0.717) is 12.2 Å². The summed E-state index contributed by atoms with van der Waals surface area (Å²) in [6.07, 6.45) is -0.0153. The zero-order chi connectivity index (χ0) is 22.4. The average Bonchev–Trinajstić information content (AvgIpc) is 2.79. The highest BCUT2D eigenvalue weighted by Gasteiger charge is 2.40. The van der Waals surface area contributed by atoms with E-state index in [9.17, 15) is 18.4 Å². The normalized spacial score (nSPS) is 18.8. The summed E-state index contributed by atoms with van der Waals surface area (Å²) in [6, 6.07) is 12.7. The number of alkyl halides is 2. The van der Waals surface area contributed by atoms with Gasteiger partial charge in [0.25, 0.3) is 17.7 Å². The third-order valence-corrected chi connectivity index (χ3v) is 5.71. The molecule has 3 rings (SSSR count). The van der Waals surface area contributed by atoms with Gasteiger partial charge in [0.2, 0.25) is 0 Å². The molecule has 8 heteroatoms. The highest BCUT2D eigenvalue weighted by Crippen LogP contribution is 2.32. The Balaban J connectivity index is 1.76. The molecule has 2 aromatic rings. The van der Waals surface area contributed by atoms with Crippen molar-refractivity contribution in [3.05, 3.63) is 65.0 Å². The van der Waals surface area contributed by atoms with Crippen LogP contribution in [-0.2, 0) is 0 Å². The molecule has 1 aromatic carbocycles. The van der Waals surface area contributed by atoms with Gasteiger partial charge in [-0.1, -0.05) is 37.3 Å². The van der Waals surface area contributed by atoms with Gasteiger partial charge in [-0.15, -0.1) is 0 Å². The van der Waals surface area contributed by atoms with Crippen LogP contribution in [0, 0.1) is 5.92 Å². The lowest BCUT2D eigenvalue weighted by Gasteiger charge is -2.31. The summed E-state index contributed by atoms with van der Waals surface area (Å²) in [6.45, 7) is 2.61. The molecule has 2 heterocycles. The lowest BCUT2D eigenvalue weighted by molar-refractivity contribution is -0.0801. The minimum atomic E-state index is -2.72. The Morgan fingerprint density at radius 3 is 2.65 bits per heavy atom. The number of carbonyl (C=O) groups excluding carboxylic acids is 2. The van der Waals surface area contributed by atoms with Crippen LogP contribution in [0.4, 0.5) is 8.78 Å². The van der Waals surface area contributed by atoms with Crippen LogP contribution in [0.3, 0.4) is 0 Å². The second-order valence-corrected chi connectivity index (χ2v) is 7.83. The van der Waals surface area contributed by atoms with Gasteiger partial charge in [0.15, 0.2) is 0 Å². The number of pyridine rings is 1. The second kappa shape index (κ2) is 9.96. The molecular weight excluding hydrogens is 402 g/mol. The Labute approximate surface area is 180 Å². The van der Waals surface area contributed by atoms with Crippen LogP contribution >= 0.6 is 0 Å². The SMILES string of the molecule is CNC(=O)c1cc(C(=O)NCC[C@H]2CNCCC2(F)F)cc([C@@H](C)c2ccccc2)n1. The quantitative estimate of drug-likeness (QED) is 0.631. The third-order valence-electron chi connectivity index (χ3n) is 5.71. The molecule has 0 unspecified atom stereocenters. The van der Waals surface area contributed by atoms with E-state index >= 15 is 0 Å². The summed E-state index contributed by atoms with van der Waals surface area (Å²) < 4.78 is 28.0. The van der Waals surface area contributed by atoms with E-state index in [4.69, 9.17) is 0 Å². The minimum absolute atomic E-state index is 0.127. The number of nitrogens with one attached hydrogen (secondary N) is 3. The molecule has 1 aromatic heterocycles. The smallest absolute Gasteiger partial charge is 0.269 e. The van der Waals surface area contributed by atoms with Gasteiger partial charge in [-0.05, 0) is 24.1 Å². The number of benzene rings is 1. The monoisotopic (exact) mass is 430 g/mol.